The Morgan fingerprint density at radius 3 is 2.75 bits per heavy atom. The molecular weight excluding hydrogens is 353 g/mol. The van der Waals surface area contributed by atoms with E-state index in [2.05, 4.69) is 14.9 Å². The second-order valence-electron chi connectivity index (χ2n) is 5.07. The molecule has 0 saturated carbocycles. The maximum Gasteiger partial charge on any atom is 0.271 e. The summed E-state index contributed by atoms with van der Waals surface area (Å²) < 4.78 is 46.1. The molecule has 0 fully saturated rings. The van der Waals surface area contributed by atoms with Crippen LogP contribution >= 0.6 is 11.3 Å². The third kappa shape index (κ3) is 3.31. The zero-order chi connectivity index (χ0) is 17.3. The number of anilines is 1. The molecule has 0 unspecified atom stereocenters. The lowest BCUT2D eigenvalue weighted by Gasteiger charge is -2.09. The van der Waals surface area contributed by atoms with Crippen molar-refractivity contribution in [3.05, 3.63) is 46.9 Å². The fourth-order valence-corrected chi connectivity index (χ4v) is 4.30. The van der Waals surface area contributed by atoms with Gasteiger partial charge in [0, 0.05) is 11.8 Å². The Morgan fingerprint density at radius 2 is 2.08 bits per heavy atom. The van der Waals surface area contributed by atoms with E-state index in [1.807, 2.05) is 6.92 Å². The second kappa shape index (κ2) is 6.33. The van der Waals surface area contributed by atoms with Gasteiger partial charge < -0.3 is 4.42 Å². The van der Waals surface area contributed by atoms with Crippen LogP contribution in [0.1, 0.15) is 18.4 Å². The molecule has 1 N–H and O–H groups in total. The maximum atomic E-state index is 13.1. The van der Waals surface area contributed by atoms with Crippen LogP contribution in [0.5, 0.6) is 0 Å². The van der Waals surface area contributed by atoms with Gasteiger partial charge in [0.25, 0.3) is 10.0 Å². The molecule has 0 atom stereocenters. The van der Waals surface area contributed by atoms with Gasteiger partial charge >= 0.3 is 0 Å². The predicted molar refractivity (Wildman–Crippen MR) is 88.9 cm³/mol. The number of aryl methyl sites for hydroxylation is 2. The summed E-state index contributed by atoms with van der Waals surface area (Å²) in [4.78, 5) is 0. The first-order chi connectivity index (χ1) is 11.4. The number of thiophene rings is 1. The standard InChI is InChI=1S/C15H14FN3O3S2/c1-3-13-17-18-15(22-13)10-7-14(23-8-10)24(20,21)19-12-5-4-11(16)6-9(12)2/h4-8,19H,3H2,1-2H3. The Balaban J connectivity index is 1.87. The third-order valence-electron chi connectivity index (χ3n) is 3.29. The number of sulfonamides is 1. The molecule has 24 heavy (non-hydrogen) atoms. The molecule has 0 aliphatic carbocycles. The first-order valence-electron chi connectivity index (χ1n) is 7.09. The van der Waals surface area contributed by atoms with E-state index in [1.54, 1.807) is 12.3 Å². The van der Waals surface area contributed by atoms with Gasteiger partial charge in [0.05, 0.1) is 11.3 Å². The molecule has 9 heteroatoms. The Bertz CT molecular complexity index is 980. The van der Waals surface area contributed by atoms with E-state index in [4.69, 9.17) is 4.42 Å². The summed E-state index contributed by atoms with van der Waals surface area (Å²) in [6.45, 7) is 3.52. The number of hydrogen-bond acceptors (Lipinski definition) is 6. The average Bonchev–Trinajstić information content (AvgIpc) is 3.18. The largest absolute Gasteiger partial charge is 0.421 e. The molecule has 1 aromatic carbocycles. The predicted octanol–water partition coefficient (Wildman–Crippen LogP) is 3.61. The monoisotopic (exact) mass is 367 g/mol. The van der Waals surface area contributed by atoms with E-state index >= 15 is 0 Å². The molecule has 3 rings (SSSR count). The van der Waals surface area contributed by atoms with Crippen molar-refractivity contribution >= 4 is 27.0 Å². The molecule has 0 aliphatic rings. The quantitative estimate of drug-likeness (QED) is 0.745. The van der Waals surface area contributed by atoms with Crippen LogP contribution in [0.2, 0.25) is 0 Å². The number of nitrogens with zero attached hydrogens (tertiary/aromatic N) is 2. The van der Waals surface area contributed by atoms with Gasteiger partial charge in [-0.1, -0.05) is 6.92 Å². The summed E-state index contributed by atoms with van der Waals surface area (Å²) in [5.74, 6) is 0.347. The number of halogens is 1. The van der Waals surface area contributed by atoms with E-state index in [1.165, 1.54) is 24.3 Å². The average molecular weight is 367 g/mol. The lowest BCUT2D eigenvalue weighted by Crippen LogP contribution is -2.12. The summed E-state index contributed by atoms with van der Waals surface area (Å²) in [5, 5.41) is 9.39. The molecule has 2 heterocycles. The summed E-state index contributed by atoms with van der Waals surface area (Å²) in [6.07, 6.45) is 0.605. The van der Waals surface area contributed by atoms with Crippen LogP contribution in [0.4, 0.5) is 10.1 Å². The van der Waals surface area contributed by atoms with Crippen LogP contribution < -0.4 is 4.72 Å². The van der Waals surface area contributed by atoms with E-state index < -0.39 is 15.8 Å². The Morgan fingerprint density at radius 1 is 1.29 bits per heavy atom. The van der Waals surface area contributed by atoms with Crippen molar-refractivity contribution in [1.29, 1.82) is 0 Å². The van der Waals surface area contributed by atoms with Gasteiger partial charge in [-0.3, -0.25) is 4.72 Å². The zero-order valence-electron chi connectivity index (χ0n) is 12.9. The number of aromatic nitrogens is 2. The number of hydrogen-bond donors (Lipinski definition) is 1. The van der Waals surface area contributed by atoms with E-state index in [-0.39, 0.29) is 10.1 Å². The van der Waals surface area contributed by atoms with Crippen molar-refractivity contribution in [3.8, 4) is 11.5 Å². The molecule has 0 bridgehead atoms. The minimum absolute atomic E-state index is 0.109. The van der Waals surface area contributed by atoms with Crippen LogP contribution in [0.25, 0.3) is 11.5 Å². The number of benzene rings is 1. The Kier molecular flexibility index (Phi) is 4.37. The van der Waals surface area contributed by atoms with Crippen LogP contribution in [-0.4, -0.2) is 18.6 Å². The highest BCUT2D eigenvalue weighted by molar-refractivity contribution is 7.94. The molecular formula is C15H14FN3O3S2. The summed E-state index contributed by atoms with van der Waals surface area (Å²) in [6, 6.07) is 5.33. The fraction of sp³-hybridized carbons (Fsp3) is 0.200. The van der Waals surface area contributed by atoms with Gasteiger partial charge in [-0.25, -0.2) is 12.8 Å². The highest BCUT2D eigenvalue weighted by Gasteiger charge is 2.20. The van der Waals surface area contributed by atoms with Crippen molar-refractivity contribution in [2.45, 2.75) is 24.5 Å². The van der Waals surface area contributed by atoms with Crippen molar-refractivity contribution in [2.24, 2.45) is 0 Å². The minimum atomic E-state index is -3.78. The summed E-state index contributed by atoms with van der Waals surface area (Å²) >= 11 is 1.04. The van der Waals surface area contributed by atoms with E-state index in [9.17, 15) is 12.8 Å². The highest BCUT2D eigenvalue weighted by atomic mass is 32.2. The van der Waals surface area contributed by atoms with Crippen molar-refractivity contribution < 1.29 is 17.2 Å². The molecule has 0 radical (unpaired) electrons. The molecule has 2 aromatic heterocycles. The zero-order valence-corrected chi connectivity index (χ0v) is 14.5. The number of rotatable bonds is 5. The first kappa shape index (κ1) is 16.6. The van der Waals surface area contributed by atoms with Crippen molar-refractivity contribution in [3.63, 3.8) is 0 Å². The summed E-state index contributed by atoms with van der Waals surface area (Å²) in [5.41, 5.74) is 1.38. The molecule has 126 valence electrons. The minimum Gasteiger partial charge on any atom is -0.421 e. The normalized spacial score (nSPS) is 11.6. The highest BCUT2D eigenvalue weighted by Crippen LogP contribution is 2.29. The maximum absolute atomic E-state index is 13.1. The molecule has 0 spiro atoms. The molecule has 3 aromatic rings. The van der Waals surface area contributed by atoms with Crippen molar-refractivity contribution in [2.75, 3.05) is 4.72 Å². The lowest BCUT2D eigenvalue weighted by molar-refractivity contribution is 0.513. The SMILES string of the molecule is CCc1nnc(-c2csc(S(=O)(=O)Nc3ccc(F)cc3C)c2)o1. The molecule has 0 amide bonds. The lowest BCUT2D eigenvalue weighted by atomic mass is 10.2. The van der Waals surface area contributed by atoms with Gasteiger partial charge in [0.1, 0.15) is 10.0 Å². The molecule has 0 aliphatic heterocycles. The van der Waals surface area contributed by atoms with Gasteiger partial charge in [0.2, 0.25) is 11.8 Å². The van der Waals surface area contributed by atoms with E-state index in [0.29, 0.717) is 29.1 Å². The Hall–Kier alpha value is -2.26. The first-order valence-corrected chi connectivity index (χ1v) is 9.45. The van der Waals surface area contributed by atoms with Gasteiger partial charge in [-0.2, -0.15) is 0 Å². The van der Waals surface area contributed by atoms with Crippen LogP contribution in [-0.2, 0) is 16.4 Å². The fourth-order valence-electron chi connectivity index (χ4n) is 2.02. The van der Waals surface area contributed by atoms with Crippen molar-refractivity contribution in [1.82, 2.24) is 10.2 Å². The third-order valence-corrected chi connectivity index (χ3v) is 6.09. The second-order valence-corrected chi connectivity index (χ2v) is 7.89. The smallest absolute Gasteiger partial charge is 0.271 e. The van der Waals surface area contributed by atoms with E-state index in [0.717, 1.165) is 11.3 Å². The summed E-state index contributed by atoms with van der Waals surface area (Å²) in [7, 11) is -3.78. The molecule has 6 nitrogen and oxygen atoms in total. The van der Waals surface area contributed by atoms with Crippen LogP contribution in [0.3, 0.4) is 0 Å². The van der Waals surface area contributed by atoms with Crippen LogP contribution in [0, 0.1) is 12.7 Å². The van der Waals surface area contributed by atoms with Gasteiger partial charge in [-0.15, -0.1) is 21.5 Å². The molecule has 0 saturated heterocycles. The van der Waals surface area contributed by atoms with Gasteiger partial charge in [-0.05, 0) is 36.8 Å². The Labute approximate surface area is 142 Å². The van der Waals surface area contributed by atoms with Gasteiger partial charge in [0.15, 0.2) is 0 Å². The number of nitrogens with one attached hydrogen (secondary N) is 1. The topological polar surface area (TPSA) is 85.1 Å². The van der Waals surface area contributed by atoms with Crippen LogP contribution in [0.15, 0.2) is 38.3 Å².